The van der Waals surface area contributed by atoms with Crippen molar-refractivity contribution in [3.05, 3.63) is 41.8 Å². The molecule has 8 nitrogen and oxygen atoms in total. The Kier molecular flexibility index (Phi) is 4.71. The summed E-state index contributed by atoms with van der Waals surface area (Å²) in [4.78, 5) is 24.9. The fraction of sp³-hybridized carbons (Fsp3) is 0.529. The van der Waals surface area contributed by atoms with E-state index >= 15 is 0 Å². The van der Waals surface area contributed by atoms with Gasteiger partial charge >= 0.3 is 0 Å². The number of ether oxygens (including phenoxy) is 1. The van der Waals surface area contributed by atoms with E-state index in [9.17, 15) is 4.79 Å². The van der Waals surface area contributed by atoms with Crippen molar-refractivity contribution in [2.24, 2.45) is 0 Å². The van der Waals surface area contributed by atoms with Gasteiger partial charge in [0.15, 0.2) is 5.82 Å². The van der Waals surface area contributed by atoms with Gasteiger partial charge in [0.2, 0.25) is 11.8 Å². The van der Waals surface area contributed by atoms with Crippen LogP contribution in [0.3, 0.4) is 0 Å². The fourth-order valence-electron chi connectivity index (χ4n) is 3.26. The molecule has 0 spiro atoms. The zero-order valence-corrected chi connectivity index (χ0v) is 14.0. The first-order valence-electron chi connectivity index (χ1n) is 8.57. The predicted octanol–water partition coefficient (Wildman–Crippen LogP) is 0.813. The van der Waals surface area contributed by atoms with E-state index in [1.807, 2.05) is 17.0 Å². The minimum atomic E-state index is -0.0275. The van der Waals surface area contributed by atoms with Crippen LogP contribution in [0.2, 0.25) is 0 Å². The van der Waals surface area contributed by atoms with Gasteiger partial charge in [-0.2, -0.15) is 4.98 Å². The molecule has 2 saturated heterocycles. The van der Waals surface area contributed by atoms with Crippen LogP contribution < -0.4 is 0 Å². The summed E-state index contributed by atoms with van der Waals surface area (Å²) in [5.74, 6) is 1.33. The van der Waals surface area contributed by atoms with E-state index in [1.54, 1.807) is 12.4 Å². The minimum absolute atomic E-state index is 0.0275. The molecular formula is C17H21N5O3. The van der Waals surface area contributed by atoms with Crippen molar-refractivity contribution in [2.45, 2.75) is 25.4 Å². The third kappa shape index (κ3) is 3.85. The monoisotopic (exact) mass is 343 g/mol. The van der Waals surface area contributed by atoms with Crippen LogP contribution in [0.1, 0.15) is 29.6 Å². The molecule has 2 aromatic rings. The molecule has 2 fully saturated rings. The lowest BCUT2D eigenvalue weighted by Gasteiger charge is -2.24. The number of nitrogens with zero attached hydrogens (tertiary/aromatic N) is 5. The topological polar surface area (TPSA) is 84.6 Å². The maximum absolute atomic E-state index is 12.3. The summed E-state index contributed by atoms with van der Waals surface area (Å²) in [5.41, 5.74) is 1.07. The molecule has 0 aromatic carbocycles. The number of carbonyl (C=O) groups is 1. The lowest BCUT2D eigenvalue weighted by molar-refractivity contribution is -0.128. The van der Waals surface area contributed by atoms with Crippen LogP contribution in [0.15, 0.2) is 29.0 Å². The van der Waals surface area contributed by atoms with E-state index in [0.29, 0.717) is 37.8 Å². The van der Waals surface area contributed by atoms with Gasteiger partial charge in [-0.1, -0.05) is 5.16 Å². The van der Waals surface area contributed by atoms with E-state index in [1.165, 1.54) is 0 Å². The molecule has 25 heavy (non-hydrogen) atoms. The molecule has 0 aliphatic carbocycles. The molecule has 0 saturated carbocycles. The first kappa shape index (κ1) is 16.2. The van der Waals surface area contributed by atoms with E-state index < -0.39 is 0 Å². The number of aromatic nitrogens is 3. The number of pyridine rings is 1. The molecule has 0 radical (unpaired) electrons. The molecule has 0 bridgehead atoms. The number of rotatable bonds is 5. The Hall–Kier alpha value is -2.32. The molecule has 2 aliphatic heterocycles. The number of hydrogen-bond acceptors (Lipinski definition) is 7. The molecule has 4 rings (SSSR count). The highest BCUT2D eigenvalue weighted by molar-refractivity contribution is 5.79. The number of morpholine rings is 1. The highest BCUT2D eigenvalue weighted by Gasteiger charge is 2.34. The van der Waals surface area contributed by atoms with Gasteiger partial charge in [0, 0.05) is 45.0 Å². The van der Waals surface area contributed by atoms with Crippen LogP contribution in [0.25, 0.3) is 0 Å². The zero-order valence-electron chi connectivity index (χ0n) is 14.0. The molecule has 1 unspecified atom stereocenters. The summed E-state index contributed by atoms with van der Waals surface area (Å²) in [7, 11) is 0. The quantitative estimate of drug-likeness (QED) is 0.794. The highest BCUT2D eigenvalue weighted by atomic mass is 16.5. The number of amides is 1. The maximum Gasteiger partial charge on any atom is 0.232 e. The van der Waals surface area contributed by atoms with Crippen LogP contribution in [0.5, 0.6) is 0 Å². The third-order valence-electron chi connectivity index (χ3n) is 4.64. The Labute approximate surface area is 145 Å². The van der Waals surface area contributed by atoms with E-state index in [-0.39, 0.29) is 11.8 Å². The van der Waals surface area contributed by atoms with Crippen LogP contribution >= 0.6 is 0 Å². The number of hydrogen-bond donors (Lipinski definition) is 0. The average Bonchev–Trinajstić information content (AvgIpc) is 3.24. The molecule has 2 aliphatic rings. The largest absolute Gasteiger partial charge is 0.379 e. The first-order chi connectivity index (χ1) is 12.3. The minimum Gasteiger partial charge on any atom is -0.379 e. The summed E-state index contributed by atoms with van der Waals surface area (Å²) in [6.45, 7) is 5.11. The second-order valence-corrected chi connectivity index (χ2v) is 6.47. The maximum atomic E-state index is 12.3. The highest BCUT2D eigenvalue weighted by Crippen LogP contribution is 2.28. The van der Waals surface area contributed by atoms with Gasteiger partial charge in [0.1, 0.15) is 0 Å². The van der Waals surface area contributed by atoms with Gasteiger partial charge in [0.05, 0.1) is 25.7 Å². The third-order valence-corrected chi connectivity index (χ3v) is 4.64. The standard InChI is InChI=1S/C17H21N5O3/c23-16-9-14(11-22(16)10-13-1-3-18-4-2-13)17-19-15(20-25-17)12-21-5-7-24-8-6-21/h1-4,14H,5-12H2. The van der Waals surface area contributed by atoms with Gasteiger partial charge in [-0.15, -0.1) is 0 Å². The fourth-order valence-corrected chi connectivity index (χ4v) is 3.26. The molecule has 4 heterocycles. The van der Waals surface area contributed by atoms with Gasteiger partial charge in [-0.3, -0.25) is 14.7 Å². The van der Waals surface area contributed by atoms with Gasteiger partial charge < -0.3 is 14.2 Å². The Balaban J connectivity index is 1.37. The molecule has 1 atom stereocenters. The lowest BCUT2D eigenvalue weighted by atomic mass is 10.1. The van der Waals surface area contributed by atoms with Crippen molar-refractivity contribution >= 4 is 5.91 Å². The van der Waals surface area contributed by atoms with Crippen molar-refractivity contribution in [1.82, 2.24) is 24.9 Å². The summed E-state index contributed by atoms with van der Waals surface area (Å²) >= 11 is 0. The zero-order chi connectivity index (χ0) is 17.1. The SMILES string of the molecule is O=C1CC(c2nc(CN3CCOCC3)no2)CN1Cc1ccncc1. The van der Waals surface area contributed by atoms with Crippen LogP contribution in [-0.2, 0) is 22.6 Å². The predicted molar refractivity (Wildman–Crippen MR) is 87.4 cm³/mol. The van der Waals surface area contributed by atoms with Gasteiger partial charge in [-0.05, 0) is 17.7 Å². The summed E-state index contributed by atoms with van der Waals surface area (Å²) in [6.07, 6.45) is 3.90. The molecule has 132 valence electrons. The Morgan fingerprint density at radius 2 is 1.96 bits per heavy atom. The summed E-state index contributed by atoms with van der Waals surface area (Å²) < 4.78 is 10.8. The lowest BCUT2D eigenvalue weighted by Crippen LogP contribution is -2.35. The molecule has 1 amide bonds. The normalized spacial score (nSPS) is 21.8. The van der Waals surface area contributed by atoms with Crippen molar-refractivity contribution in [3.63, 3.8) is 0 Å². The second kappa shape index (κ2) is 7.28. The Morgan fingerprint density at radius 1 is 1.16 bits per heavy atom. The number of carbonyl (C=O) groups excluding carboxylic acids is 1. The smallest absolute Gasteiger partial charge is 0.232 e. The van der Waals surface area contributed by atoms with E-state index in [2.05, 4.69) is 20.0 Å². The molecule has 8 heteroatoms. The van der Waals surface area contributed by atoms with Crippen molar-refractivity contribution in [3.8, 4) is 0 Å². The van der Waals surface area contributed by atoms with Crippen molar-refractivity contribution in [1.29, 1.82) is 0 Å². The van der Waals surface area contributed by atoms with E-state index in [0.717, 1.165) is 31.9 Å². The van der Waals surface area contributed by atoms with Crippen molar-refractivity contribution < 1.29 is 14.1 Å². The molecular weight excluding hydrogens is 322 g/mol. The molecule has 2 aromatic heterocycles. The second-order valence-electron chi connectivity index (χ2n) is 6.47. The Morgan fingerprint density at radius 3 is 2.76 bits per heavy atom. The van der Waals surface area contributed by atoms with Crippen LogP contribution in [0.4, 0.5) is 0 Å². The summed E-state index contributed by atoms with van der Waals surface area (Å²) in [6, 6.07) is 3.85. The average molecular weight is 343 g/mol. The first-order valence-corrected chi connectivity index (χ1v) is 8.57. The van der Waals surface area contributed by atoms with Crippen LogP contribution in [-0.4, -0.2) is 63.7 Å². The Bertz CT molecular complexity index is 714. The number of likely N-dealkylation sites (tertiary alicyclic amines) is 1. The van der Waals surface area contributed by atoms with Crippen molar-refractivity contribution in [2.75, 3.05) is 32.8 Å². The summed E-state index contributed by atoms with van der Waals surface area (Å²) in [5, 5.41) is 4.08. The van der Waals surface area contributed by atoms with Crippen LogP contribution in [0, 0.1) is 0 Å². The van der Waals surface area contributed by atoms with Gasteiger partial charge in [-0.25, -0.2) is 0 Å². The van der Waals surface area contributed by atoms with E-state index in [4.69, 9.17) is 9.26 Å². The molecule has 0 N–H and O–H groups in total. The van der Waals surface area contributed by atoms with Gasteiger partial charge in [0.25, 0.3) is 0 Å².